The van der Waals surface area contributed by atoms with Gasteiger partial charge in [-0.25, -0.2) is 0 Å². The molecule has 1 aromatic carbocycles. The van der Waals surface area contributed by atoms with Crippen LogP contribution in [-0.2, 0) is 11.2 Å². The van der Waals surface area contributed by atoms with E-state index in [1.54, 1.807) is 4.90 Å². The van der Waals surface area contributed by atoms with Crippen LogP contribution in [0, 0.1) is 5.92 Å². The van der Waals surface area contributed by atoms with Crippen LogP contribution in [-0.4, -0.2) is 36.1 Å². The number of hydrogen-bond acceptors (Lipinski definition) is 2. The van der Waals surface area contributed by atoms with E-state index in [0.717, 1.165) is 11.3 Å². The van der Waals surface area contributed by atoms with Crippen molar-refractivity contribution in [3.63, 3.8) is 0 Å². The van der Waals surface area contributed by atoms with Crippen molar-refractivity contribution in [3.8, 4) is 0 Å². The Morgan fingerprint density at radius 3 is 2.48 bits per heavy atom. The molecule has 0 radical (unpaired) electrons. The van der Waals surface area contributed by atoms with E-state index in [0.29, 0.717) is 6.42 Å². The quantitative estimate of drug-likeness (QED) is 0.864. The normalized spacial score (nSPS) is 22.8. The molecule has 1 amide bonds. The van der Waals surface area contributed by atoms with Crippen molar-refractivity contribution in [1.82, 2.24) is 4.90 Å². The zero-order chi connectivity index (χ0) is 15.0. The van der Waals surface area contributed by atoms with Gasteiger partial charge in [0.1, 0.15) is 6.04 Å². The number of hydrogen-bond donors (Lipinski definition) is 1. The van der Waals surface area contributed by atoms with E-state index in [1.165, 1.54) is 0 Å². The topological polar surface area (TPSA) is 32.3 Å². The van der Waals surface area contributed by atoms with Crippen LogP contribution in [0.2, 0.25) is 0 Å². The van der Waals surface area contributed by atoms with Crippen molar-refractivity contribution in [1.29, 1.82) is 0 Å². The fraction of sp³-hybridized carbons (Fsp3) is 0.533. The molecular weight excluding hydrogens is 281 g/mol. The third-order valence-corrected chi connectivity index (χ3v) is 4.34. The minimum Gasteiger partial charge on any atom is -0.373 e. The Hall–Kier alpha value is -1.72. The third-order valence-electron chi connectivity index (χ3n) is 4.34. The standard InChI is InChI=1S/C15H17F3N2O/c16-15(17,18)11-5-7-20(8-6-11)14(21)13-9-10-3-1-2-4-12(10)19-13/h1-4,11,13,19H,5-9H2. The van der Waals surface area contributed by atoms with Crippen molar-refractivity contribution < 1.29 is 18.0 Å². The first-order chi connectivity index (χ1) is 9.95. The minimum atomic E-state index is -4.14. The molecule has 6 heteroatoms. The van der Waals surface area contributed by atoms with E-state index in [1.807, 2.05) is 24.3 Å². The molecule has 1 atom stereocenters. The summed E-state index contributed by atoms with van der Waals surface area (Å²) in [6, 6.07) is 7.35. The summed E-state index contributed by atoms with van der Waals surface area (Å²) in [7, 11) is 0. The first kappa shape index (κ1) is 14.2. The molecule has 1 N–H and O–H groups in total. The summed E-state index contributed by atoms with van der Waals surface area (Å²) in [5.74, 6) is -1.36. The number of nitrogens with one attached hydrogen (secondary N) is 1. The first-order valence-electron chi connectivity index (χ1n) is 7.15. The molecule has 0 aliphatic carbocycles. The molecule has 0 spiro atoms. The first-order valence-corrected chi connectivity index (χ1v) is 7.15. The highest BCUT2D eigenvalue weighted by Gasteiger charge is 2.42. The van der Waals surface area contributed by atoms with E-state index in [9.17, 15) is 18.0 Å². The number of anilines is 1. The number of halogens is 3. The molecule has 1 aromatic rings. The Kier molecular flexibility index (Phi) is 3.55. The number of likely N-dealkylation sites (tertiary alicyclic amines) is 1. The number of para-hydroxylation sites is 1. The van der Waals surface area contributed by atoms with Crippen LogP contribution >= 0.6 is 0 Å². The monoisotopic (exact) mass is 298 g/mol. The molecule has 1 unspecified atom stereocenters. The number of rotatable bonds is 1. The van der Waals surface area contributed by atoms with Gasteiger partial charge in [-0.2, -0.15) is 13.2 Å². The highest BCUT2D eigenvalue weighted by Crippen LogP contribution is 2.34. The molecule has 1 saturated heterocycles. The lowest BCUT2D eigenvalue weighted by molar-refractivity contribution is -0.186. The zero-order valence-electron chi connectivity index (χ0n) is 11.5. The summed E-state index contributed by atoms with van der Waals surface area (Å²) >= 11 is 0. The highest BCUT2D eigenvalue weighted by atomic mass is 19.4. The molecule has 0 saturated carbocycles. The molecule has 3 nitrogen and oxygen atoms in total. The highest BCUT2D eigenvalue weighted by molar-refractivity contribution is 5.87. The second-order valence-electron chi connectivity index (χ2n) is 5.70. The number of carbonyl (C=O) groups is 1. The zero-order valence-corrected chi connectivity index (χ0v) is 11.5. The molecule has 3 rings (SSSR count). The maximum Gasteiger partial charge on any atom is 0.391 e. The molecule has 0 bridgehead atoms. The van der Waals surface area contributed by atoms with Gasteiger partial charge in [0.15, 0.2) is 0 Å². The largest absolute Gasteiger partial charge is 0.391 e. The van der Waals surface area contributed by atoms with E-state index >= 15 is 0 Å². The average Bonchev–Trinajstić information content (AvgIpc) is 2.89. The van der Waals surface area contributed by atoms with Crippen LogP contribution in [0.3, 0.4) is 0 Å². The van der Waals surface area contributed by atoms with Gasteiger partial charge < -0.3 is 10.2 Å². The summed E-state index contributed by atoms with van der Waals surface area (Å²) in [6.07, 6.45) is -3.52. The van der Waals surface area contributed by atoms with Crippen LogP contribution in [0.25, 0.3) is 0 Å². The summed E-state index contributed by atoms with van der Waals surface area (Å²) in [5.41, 5.74) is 2.03. The van der Waals surface area contributed by atoms with E-state index in [4.69, 9.17) is 0 Å². The van der Waals surface area contributed by atoms with Crippen LogP contribution in [0.15, 0.2) is 24.3 Å². The number of amides is 1. The lowest BCUT2D eigenvalue weighted by atomic mass is 9.95. The van der Waals surface area contributed by atoms with E-state index < -0.39 is 12.1 Å². The molecule has 2 aliphatic heterocycles. The lowest BCUT2D eigenvalue weighted by Crippen LogP contribution is -2.47. The fourth-order valence-corrected chi connectivity index (χ4v) is 3.09. The second kappa shape index (κ2) is 5.24. The summed E-state index contributed by atoms with van der Waals surface area (Å²) in [4.78, 5) is 14.0. The predicted octanol–water partition coefficient (Wildman–Crippen LogP) is 2.82. The van der Waals surface area contributed by atoms with Crippen molar-refractivity contribution in [3.05, 3.63) is 29.8 Å². The number of alkyl halides is 3. The Bertz CT molecular complexity index is 511. The van der Waals surface area contributed by atoms with Crippen LogP contribution < -0.4 is 5.32 Å². The Balaban J connectivity index is 1.59. The number of benzene rings is 1. The number of carbonyl (C=O) groups excluding carboxylic acids is 1. The summed E-state index contributed by atoms with van der Waals surface area (Å²) in [6.45, 7) is 0.384. The van der Waals surface area contributed by atoms with Crippen LogP contribution in [0.4, 0.5) is 18.9 Å². The SMILES string of the molecule is O=C(C1Cc2ccccc2N1)N1CCC(C(F)(F)F)CC1. The van der Waals surface area contributed by atoms with Gasteiger partial charge in [0.2, 0.25) is 5.91 Å². The average molecular weight is 298 g/mol. The summed E-state index contributed by atoms with van der Waals surface area (Å²) < 4.78 is 37.9. The predicted molar refractivity (Wildman–Crippen MR) is 72.9 cm³/mol. The maximum atomic E-state index is 12.6. The van der Waals surface area contributed by atoms with Gasteiger partial charge in [-0.1, -0.05) is 18.2 Å². The Labute approximate surface area is 121 Å². The molecule has 2 aliphatic rings. The van der Waals surface area contributed by atoms with Gasteiger partial charge in [-0.3, -0.25) is 4.79 Å². The maximum absolute atomic E-state index is 12.6. The number of fused-ring (bicyclic) bond motifs is 1. The molecule has 114 valence electrons. The van der Waals surface area contributed by atoms with Crippen LogP contribution in [0.5, 0.6) is 0 Å². The number of piperidine rings is 1. The number of nitrogens with zero attached hydrogens (tertiary/aromatic N) is 1. The lowest BCUT2D eigenvalue weighted by Gasteiger charge is -2.34. The molecule has 2 heterocycles. The van der Waals surface area contributed by atoms with E-state index in [-0.39, 0.29) is 37.9 Å². The molecule has 0 aromatic heterocycles. The smallest absolute Gasteiger partial charge is 0.373 e. The third kappa shape index (κ3) is 2.84. The Morgan fingerprint density at radius 1 is 1.19 bits per heavy atom. The van der Waals surface area contributed by atoms with Gasteiger partial charge in [0.25, 0.3) is 0 Å². The second-order valence-corrected chi connectivity index (χ2v) is 5.70. The Morgan fingerprint density at radius 2 is 1.86 bits per heavy atom. The van der Waals surface area contributed by atoms with Gasteiger partial charge >= 0.3 is 6.18 Å². The van der Waals surface area contributed by atoms with Crippen LogP contribution in [0.1, 0.15) is 18.4 Å². The molecule has 21 heavy (non-hydrogen) atoms. The van der Waals surface area contributed by atoms with Gasteiger partial charge in [-0.05, 0) is 24.5 Å². The fourth-order valence-electron chi connectivity index (χ4n) is 3.09. The van der Waals surface area contributed by atoms with Gasteiger partial charge in [-0.15, -0.1) is 0 Å². The molecule has 1 fully saturated rings. The van der Waals surface area contributed by atoms with Crippen molar-refractivity contribution in [2.45, 2.75) is 31.5 Å². The van der Waals surface area contributed by atoms with Crippen molar-refractivity contribution >= 4 is 11.6 Å². The van der Waals surface area contributed by atoms with Crippen molar-refractivity contribution in [2.24, 2.45) is 5.92 Å². The van der Waals surface area contributed by atoms with Gasteiger partial charge in [0, 0.05) is 25.2 Å². The summed E-state index contributed by atoms with van der Waals surface area (Å²) in [5, 5.41) is 3.16. The molecular formula is C15H17F3N2O. The minimum absolute atomic E-state index is 0.00884. The van der Waals surface area contributed by atoms with E-state index in [2.05, 4.69) is 5.32 Å². The van der Waals surface area contributed by atoms with Gasteiger partial charge in [0.05, 0.1) is 5.92 Å². The van der Waals surface area contributed by atoms with Crippen molar-refractivity contribution in [2.75, 3.05) is 18.4 Å².